The fraction of sp³-hybridized carbons (Fsp3) is 0.350. The van der Waals surface area contributed by atoms with Gasteiger partial charge in [-0.05, 0) is 54.8 Å². The first-order valence-electron chi connectivity index (χ1n) is 8.36. The third-order valence-electron chi connectivity index (χ3n) is 4.64. The molecule has 0 spiro atoms. The zero-order valence-electron chi connectivity index (χ0n) is 13.9. The summed E-state index contributed by atoms with van der Waals surface area (Å²) in [5.74, 6) is 1.39. The molecule has 1 saturated heterocycles. The van der Waals surface area contributed by atoms with E-state index in [4.69, 9.17) is 4.74 Å². The molecular formula is C20H22BrNO2. The van der Waals surface area contributed by atoms with Crippen LogP contribution in [-0.2, 0) is 0 Å². The van der Waals surface area contributed by atoms with Gasteiger partial charge in [-0.25, -0.2) is 0 Å². The highest BCUT2D eigenvalue weighted by atomic mass is 79.9. The molecule has 2 aromatic rings. The Hall–Kier alpha value is -1.81. The van der Waals surface area contributed by atoms with Crippen LogP contribution in [0.4, 0.5) is 0 Å². The van der Waals surface area contributed by atoms with Crippen LogP contribution in [0.3, 0.4) is 0 Å². The predicted octanol–water partition coefficient (Wildman–Crippen LogP) is 4.87. The topological polar surface area (TPSA) is 29.5 Å². The molecule has 126 valence electrons. The summed E-state index contributed by atoms with van der Waals surface area (Å²) in [7, 11) is 1.68. The van der Waals surface area contributed by atoms with Gasteiger partial charge < -0.3 is 9.64 Å². The van der Waals surface area contributed by atoms with Crippen molar-refractivity contribution < 1.29 is 9.53 Å². The lowest BCUT2D eigenvalue weighted by Gasteiger charge is -2.25. The van der Waals surface area contributed by atoms with Gasteiger partial charge in [0.25, 0.3) is 5.91 Å². The van der Waals surface area contributed by atoms with Gasteiger partial charge in [-0.2, -0.15) is 0 Å². The number of nitrogens with zero attached hydrogens (tertiary/aromatic N) is 1. The molecule has 0 radical (unpaired) electrons. The van der Waals surface area contributed by atoms with Crippen LogP contribution in [0, 0.1) is 0 Å². The molecule has 0 saturated carbocycles. The van der Waals surface area contributed by atoms with Gasteiger partial charge >= 0.3 is 0 Å². The summed E-state index contributed by atoms with van der Waals surface area (Å²) in [5, 5.41) is 0. The van der Waals surface area contributed by atoms with E-state index >= 15 is 0 Å². The molecule has 1 unspecified atom stereocenters. The third kappa shape index (κ3) is 3.99. The maximum atomic E-state index is 12.8. The molecule has 1 atom stereocenters. The van der Waals surface area contributed by atoms with Crippen LogP contribution >= 0.6 is 15.9 Å². The Morgan fingerprint density at radius 3 is 2.46 bits per heavy atom. The highest BCUT2D eigenvalue weighted by molar-refractivity contribution is 9.10. The van der Waals surface area contributed by atoms with Crippen LogP contribution < -0.4 is 4.74 Å². The lowest BCUT2D eigenvalue weighted by molar-refractivity contribution is 0.0754. The molecule has 3 nitrogen and oxygen atoms in total. The summed E-state index contributed by atoms with van der Waals surface area (Å²) in [6.07, 6.45) is 3.34. The number of rotatable bonds is 3. The minimum atomic E-state index is 0.128. The summed E-state index contributed by atoms with van der Waals surface area (Å²) >= 11 is 3.42. The van der Waals surface area contributed by atoms with Crippen molar-refractivity contribution in [1.29, 1.82) is 0 Å². The number of amides is 1. The SMILES string of the molecule is COc1ccc(C2CCCCN(C(=O)c3ccc(Br)cc3)C2)cc1. The summed E-state index contributed by atoms with van der Waals surface area (Å²) in [5.41, 5.74) is 2.04. The Bertz CT molecular complexity index is 682. The number of ether oxygens (including phenoxy) is 1. The van der Waals surface area contributed by atoms with E-state index in [0.717, 1.165) is 48.1 Å². The molecule has 0 aromatic heterocycles. The first-order valence-corrected chi connectivity index (χ1v) is 9.15. The monoisotopic (exact) mass is 387 g/mol. The average Bonchev–Trinajstić information content (AvgIpc) is 2.88. The van der Waals surface area contributed by atoms with Gasteiger partial charge in [-0.1, -0.05) is 34.5 Å². The van der Waals surface area contributed by atoms with E-state index < -0.39 is 0 Å². The summed E-state index contributed by atoms with van der Waals surface area (Å²) < 4.78 is 6.23. The molecule has 1 amide bonds. The van der Waals surface area contributed by atoms with Crippen molar-refractivity contribution in [2.75, 3.05) is 20.2 Å². The maximum Gasteiger partial charge on any atom is 0.253 e. The van der Waals surface area contributed by atoms with E-state index in [1.54, 1.807) is 7.11 Å². The second kappa shape index (κ2) is 7.84. The molecule has 4 heteroatoms. The largest absolute Gasteiger partial charge is 0.497 e. The Morgan fingerprint density at radius 1 is 1.08 bits per heavy atom. The first kappa shape index (κ1) is 17.0. The van der Waals surface area contributed by atoms with Crippen molar-refractivity contribution >= 4 is 21.8 Å². The Balaban J connectivity index is 1.76. The number of halogens is 1. The first-order chi connectivity index (χ1) is 11.7. The van der Waals surface area contributed by atoms with E-state index in [2.05, 4.69) is 28.1 Å². The fourth-order valence-corrected chi connectivity index (χ4v) is 3.51. The van der Waals surface area contributed by atoms with E-state index in [9.17, 15) is 4.79 Å². The van der Waals surface area contributed by atoms with Gasteiger partial charge in [0.15, 0.2) is 0 Å². The summed E-state index contributed by atoms with van der Waals surface area (Å²) in [6, 6.07) is 15.9. The van der Waals surface area contributed by atoms with Gasteiger partial charge in [-0.3, -0.25) is 4.79 Å². The zero-order chi connectivity index (χ0) is 16.9. The highest BCUT2D eigenvalue weighted by Crippen LogP contribution is 2.28. The van der Waals surface area contributed by atoms with E-state index in [1.807, 2.05) is 41.3 Å². The van der Waals surface area contributed by atoms with Gasteiger partial charge in [0, 0.05) is 29.0 Å². The maximum absolute atomic E-state index is 12.8. The number of hydrogen-bond acceptors (Lipinski definition) is 2. The van der Waals surface area contributed by atoms with Gasteiger partial charge in [0.1, 0.15) is 5.75 Å². The molecule has 1 aliphatic rings. The summed E-state index contributed by atoms with van der Waals surface area (Å²) in [4.78, 5) is 14.8. The van der Waals surface area contributed by atoms with Crippen molar-refractivity contribution in [1.82, 2.24) is 4.90 Å². The number of methoxy groups -OCH3 is 1. The number of carbonyl (C=O) groups is 1. The Morgan fingerprint density at radius 2 is 1.79 bits per heavy atom. The van der Waals surface area contributed by atoms with Crippen molar-refractivity contribution in [3.8, 4) is 5.75 Å². The van der Waals surface area contributed by atoms with Crippen molar-refractivity contribution in [2.24, 2.45) is 0 Å². The second-order valence-corrected chi connectivity index (χ2v) is 7.14. The second-order valence-electron chi connectivity index (χ2n) is 6.22. The van der Waals surface area contributed by atoms with Crippen LogP contribution in [0.5, 0.6) is 5.75 Å². The number of carbonyl (C=O) groups excluding carboxylic acids is 1. The van der Waals surface area contributed by atoms with Gasteiger partial charge in [0.2, 0.25) is 0 Å². The van der Waals surface area contributed by atoms with Crippen molar-refractivity contribution in [3.05, 3.63) is 64.1 Å². The number of benzene rings is 2. The minimum Gasteiger partial charge on any atom is -0.497 e. The highest BCUT2D eigenvalue weighted by Gasteiger charge is 2.24. The van der Waals surface area contributed by atoms with Crippen LogP contribution in [-0.4, -0.2) is 31.0 Å². The molecule has 0 bridgehead atoms. The normalized spacial score (nSPS) is 18.1. The number of likely N-dealkylation sites (tertiary alicyclic amines) is 1. The zero-order valence-corrected chi connectivity index (χ0v) is 15.5. The molecule has 24 heavy (non-hydrogen) atoms. The van der Waals surface area contributed by atoms with Crippen LogP contribution in [0.25, 0.3) is 0 Å². The average molecular weight is 388 g/mol. The molecule has 2 aromatic carbocycles. The molecule has 1 heterocycles. The smallest absolute Gasteiger partial charge is 0.253 e. The van der Waals surface area contributed by atoms with E-state index in [1.165, 1.54) is 5.56 Å². The molecule has 1 fully saturated rings. The minimum absolute atomic E-state index is 0.128. The van der Waals surface area contributed by atoms with Crippen LogP contribution in [0.15, 0.2) is 53.0 Å². The van der Waals surface area contributed by atoms with Crippen LogP contribution in [0.1, 0.15) is 41.1 Å². The van der Waals surface area contributed by atoms with E-state index in [-0.39, 0.29) is 5.91 Å². The molecule has 3 rings (SSSR count). The standard InChI is InChI=1S/C20H22BrNO2/c1-24-19-11-7-15(8-12-19)17-4-2-3-13-22(14-17)20(23)16-5-9-18(21)10-6-16/h5-12,17H,2-4,13-14H2,1H3. The fourth-order valence-electron chi connectivity index (χ4n) is 3.25. The van der Waals surface area contributed by atoms with Crippen LogP contribution in [0.2, 0.25) is 0 Å². The van der Waals surface area contributed by atoms with Gasteiger partial charge in [-0.15, -0.1) is 0 Å². The Labute approximate surface area is 151 Å². The number of hydrogen-bond donors (Lipinski definition) is 0. The molecule has 0 aliphatic carbocycles. The molecule has 1 aliphatic heterocycles. The lowest BCUT2D eigenvalue weighted by Crippen LogP contribution is -2.34. The van der Waals surface area contributed by atoms with Crippen molar-refractivity contribution in [3.63, 3.8) is 0 Å². The van der Waals surface area contributed by atoms with Gasteiger partial charge in [0.05, 0.1) is 7.11 Å². The third-order valence-corrected chi connectivity index (χ3v) is 5.17. The predicted molar refractivity (Wildman–Crippen MR) is 99.6 cm³/mol. The summed E-state index contributed by atoms with van der Waals surface area (Å²) in [6.45, 7) is 1.61. The molecular weight excluding hydrogens is 366 g/mol. The lowest BCUT2D eigenvalue weighted by atomic mass is 9.94. The molecule has 0 N–H and O–H groups in total. The quantitative estimate of drug-likeness (QED) is 0.751. The van der Waals surface area contributed by atoms with Crippen molar-refractivity contribution in [2.45, 2.75) is 25.2 Å². The van der Waals surface area contributed by atoms with E-state index in [0.29, 0.717) is 5.92 Å². The Kier molecular flexibility index (Phi) is 5.56.